The molecule has 0 radical (unpaired) electrons. The molecule has 17 heavy (non-hydrogen) atoms. The van der Waals surface area contributed by atoms with E-state index in [0.29, 0.717) is 25.9 Å². The van der Waals surface area contributed by atoms with Crippen LogP contribution in [-0.4, -0.2) is 40.1 Å². The van der Waals surface area contributed by atoms with E-state index >= 15 is 0 Å². The van der Waals surface area contributed by atoms with E-state index in [-0.39, 0.29) is 13.1 Å². The number of hydrogen-bond acceptors (Lipinski definition) is 4. The van der Waals surface area contributed by atoms with Crippen molar-refractivity contribution in [2.75, 3.05) is 26.2 Å². The Morgan fingerprint density at radius 2 is 1.82 bits per heavy atom. The van der Waals surface area contributed by atoms with Crippen LogP contribution in [0.4, 0.5) is 13.2 Å². The van der Waals surface area contributed by atoms with Crippen LogP contribution >= 0.6 is 0 Å². The van der Waals surface area contributed by atoms with Crippen molar-refractivity contribution in [1.82, 2.24) is 10.0 Å². The Morgan fingerprint density at radius 3 is 2.24 bits per heavy atom. The van der Waals surface area contributed by atoms with Crippen molar-refractivity contribution < 1.29 is 21.6 Å². The number of hydrogen-bond donors (Lipinski definition) is 3. The average Bonchev–Trinajstić information content (AvgIpc) is 2.26. The normalized spacial score (nSPS) is 21.4. The smallest absolute Gasteiger partial charge is 0.330 e. The molecule has 0 unspecified atom stereocenters. The molecule has 1 saturated heterocycles. The molecule has 102 valence electrons. The minimum atomic E-state index is -5.27. The summed E-state index contributed by atoms with van der Waals surface area (Å²) in [6, 6.07) is 0. The Balaban J connectivity index is 2.65. The molecule has 0 aliphatic carbocycles. The second kappa shape index (κ2) is 5.09. The zero-order valence-corrected chi connectivity index (χ0v) is 10.00. The summed E-state index contributed by atoms with van der Waals surface area (Å²) in [5.41, 5.74) is -0.315. The summed E-state index contributed by atoms with van der Waals surface area (Å²) in [4.78, 5) is 0. The predicted molar refractivity (Wildman–Crippen MR) is 56.6 cm³/mol. The second-order valence-electron chi connectivity index (χ2n) is 4.22. The second-order valence-corrected chi connectivity index (χ2v) is 5.98. The molecule has 1 rings (SSSR count). The molecule has 0 bridgehead atoms. The van der Waals surface area contributed by atoms with Crippen LogP contribution in [-0.2, 0) is 10.0 Å². The van der Waals surface area contributed by atoms with Gasteiger partial charge in [0, 0.05) is 6.54 Å². The third-order valence-corrected chi connectivity index (χ3v) is 4.17. The average molecular weight is 275 g/mol. The van der Waals surface area contributed by atoms with E-state index in [9.17, 15) is 21.6 Å². The van der Waals surface area contributed by atoms with Crippen molar-refractivity contribution in [2.24, 2.45) is 11.1 Å². The first-order chi connectivity index (χ1) is 7.72. The van der Waals surface area contributed by atoms with Gasteiger partial charge in [-0.25, -0.2) is 13.1 Å². The van der Waals surface area contributed by atoms with Gasteiger partial charge < -0.3 is 11.1 Å². The maximum absolute atomic E-state index is 12.1. The van der Waals surface area contributed by atoms with Crippen molar-refractivity contribution in [2.45, 2.75) is 18.3 Å². The maximum atomic E-state index is 12.1. The van der Waals surface area contributed by atoms with Crippen LogP contribution in [0.3, 0.4) is 0 Å². The molecule has 1 fully saturated rings. The highest BCUT2D eigenvalue weighted by Crippen LogP contribution is 2.28. The number of nitrogens with one attached hydrogen (secondary N) is 2. The molecule has 0 aromatic rings. The molecule has 0 saturated carbocycles. The summed E-state index contributed by atoms with van der Waals surface area (Å²) in [5.74, 6) is 0. The van der Waals surface area contributed by atoms with Gasteiger partial charge in [-0.2, -0.15) is 13.2 Å². The van der Waals surface area contributed by atoms with Gasteiger partial charge >= 0.3 is 15.5 Å². The molecule has 0 spiro atoms. The first-order valence-corrected chi connectivity index (χ1v) is 6.67. The van der Waals surface area contributed by atoms with Gasteiger partial charge in [0.15, 0.2) is 0 Å². The van der Waals surface area contributed by atoms with E-state index in [1.165, 1.54) is 0 Å². The van der Waals surface area contributed by atoms with Gasteiger partial charge in [-0.15, -0.1) is 0 Å². The Bertz CT molecular complexity index is 350. The zero-order valence-electron chi connectivity index (χ0n) is 9.18. The van der Waals surface area contributed by atoms with Crippen LogP contribution in [0.15, 0.2) is 0 Å². The SMILES string of the molecule is NCC1(CNS(=O)(=O)C(F)(F)F)CCNCC1. The van der Waals surface area contributed by atoms with E-state index < -0.39 is 20.9 Å². The zero-order chi connectivity index (χ0) is 13.2. The first-order valence-electron chi connectivity index (χ1n) is 5.19. The Labute approximate surface area is 98.0 Å². The van der Waals surface area contributed by atoms with Crippen molar-refractivity contribution in [3.05, 3.63) is 0 Å². The van der Waals surface area contributed by atoms with Gasteiger partial charge in [0.2, 0.25) is 0 Å². The van der Waals surface area contributed by atoms with Gasteiger partial charge in [0.1, 0.15) is 0 Å². The molecular formula is C8H16F3N3O2S. The standard InChI is InChI=1S/C8H16F3N3O2S/c9-8(10,11)17(15,16)14-6-7(5-12)1-3-13-4-2-7/h13-14H,1-6,12H2. The van der Waals surface area contributed by atoms with Gasteiger partial charge in [-0.3, -0.25) is 0 Å². The van der Waals surface area contributed by atoms with E-state index in [4.69, 9.17) is 5.73 Å². The molecule has 4 N–H and O–H groups in total. The van der Waals surface area contributed by atoms with Crippen molar-refractivity contribution >= 4 is 10.0 Å². The molecule has 9 heteroatoms. The van der Waals surface area contributed by atoms with Crippen LogP contribution in [0.5, 0.6) is 0 Å². The molecule has 0 amide bonds. The number of piperidine rings is 1. The van der Waals surface area contributed by atoms with Crippen LogP contribution in [0.1, 0.15) is 12.8 Å². The van der Waals surface area contributed by atoms with Gasteiger partial charge in [0.05, 0.1) is 0 Å². The van der Waals surface area contributed by atoms with E-state index in [1.807, 2.05) is 0 Å². The predicted octanol–water partition coefficient (Wildman–Crippen LogP) is -0.246. The first kappa shape index (κ1) is 14.7. The lowest BCUT2D eigenvalue weighted by atomic mass is 9.79. The number of rotatable bonds is 4. The fourth-order valence-corrected chi connectivity index (χ4v) is 2.40. The van der Waals surface area contributed by atoms with Gasteiger partial charge in [-0.1, -0.05) is 0 Å². The molecule has 5 nitrogen and oxygen atoms in total. The van der Waals surface area contributed by atoms with E-state index in [1.54, 1.807) is 4.72 Å². The Morgan fingerprint density at radius 1 is 1.29 bits per heavy atom. The summed E-state index contributed by atoms with van der Waals surface area (Å²) < 4.78 is 59.7. The van der Waals surface area contributed by atoms with Crippen molar-refractivity contribution in [3.63, 3.8) is 0 Å². The summed E-state index contributed by atoms with van der Waals surface area (Å²) in [6.45, 7) is 1.15. The molecule has 1 aliphatic rings. The highest BCUT2D eigenvalue weighted by atomic mass is 32.2. The topological polar surface area (TPSA) is 84.2 Å². The van der Waals surface area contributed by atoms with Gasteiger partial charge in [0.25, 0.3) is 0 Å². The summed E-state index contributed by atoms with van der Waals surface area (Å²) >= 11 is 0. The minimum Gasteiger partial charge on any atom is -0.330 e. The number of nitrogens with two attached hydrogens (primary N) is 1. The fourth-order valence-electron chi connectivity index (χ4n) is 1.74. The molecular weight excluding hydrogens is 259 g/mol. The number of halogens is 3. The Hall–Kier alpha value is -0.380. The van der Waals surface area contributed by atoms with E-state index in [0.717, 1.165) is 0 Å². The van der Waals surface area contributed by atoms with Crippen molar-refractivity contribution in [1.29, 1.82) is 0 Å². The third kappa shape index (κ3) is 3.54. The van der Waals surface area contributed by atoms with Crippen molar-refractivity contribution in [3.8, 4) is 0 Å². The largest absolute Gasteiger partial charge is 0.511 e. The molecule has 0 aromatic heterocycles. The molecule has 0 atom stereocenters. The molecule has 0 aromatic carbocycles. The summed E-state index contributed by atoms with van der Waals surface area (Å²) in [5, 5.41) is 3.05. The van der Waals surface area contributed by atoms with Crippen LogP contribution in [0, 0.1) is 5.41 Å². The van der Waals surface area contributed by atoms with Gasteiger partial charge in [-0.05, 0) is 37.9 Å². The number of sulfonamides is 1. The minimum absolute atomic E-state index is 0.162. The van der Waals surface area contributed by atoms with Crippen LogP contribution in [0.25, 0.3) is 0 Å². The fraction of sp³-hybridized carbons (Fsp3) is 1.00. The quantitative estimate of drug-likeness (QED) is 0.661. The monoisotopic (exact) mass is 275 g/mol. The maximum Gasteiger partial charge on any atom is 0.511 e. The van der Waals surface area contributed by atoms with Crippen LogP contribution in [0.2, 0.25) is 0 Å². The van der Waals surface area contributed by atoms with E-state index in [2.05, 4.69) is 5.32 Å². The molecule has 1 aliphatic heterocycles. The molecule has 1 heterocycles. The summed E-state index contributed by atoms with van der Waals surface area (Å²) in [7, 11) is -5.27. The lowest BCUT2D eigenvalue weighted by Crippen LogP contribution is -2.50. The summed E-state index contributed by atoms with van der Waals surface area (Å²) in [6.07, 6.45) is 1.12. The Kier molecular flexibility index (Phi) is 4.39. The number of alkyl halides is 3. The highest BCUT2D eigenvalue weighted by Gasteiger charge is 2.46. The lowest BCUT2D eigenvalue weighted by molar-refractivity contribution is -0.0450. The highest BCUT2D eigenvalue weighted by molar-refractivity contribution is 7.90. The lowest BCUT2D eigenvalue weighted by Gasteiger charge is -2.36. The van der Waals surface area contributed by atoms with Crippen LogP contribution < -0.4 is 15.8 Å². The third-order valence-electron chi connectivity index (χ3n) is 3.04.